The molecule has 3 rings (SSSR count). The molecule has 0 aromatic heterocycles. The summed E-state index contributed by atoms with van der Waals surface area (Å²) in [6, 6.07) is 14.3. The van der Waals surface area contributed by atoms with Crippen LogP contribution in [0.25, 0.3) is 11.1 Å². The number of unbranched alkanes of at least 4 members (excludes halogenated alkanes) is 14. The van der Waals surface area contributed by atoms with Crippen molar-refractivity contribution in [3.63, 3.8) is 0 Å². The fraction of sp³-hybridized carbons (Fsp3) is 0.605. The number of benzene rings is 2. The Balaban J connectivity index is 0.00000205. The first-order valence-corrected chi connectivity index (χ1v) is 21.6. The molecule has 9 nitrogen and oxygen atoms in total. The van der Waals surface area contributed by atoms with Gasteiger partial charge in [0.15, 0.2) is 0 Å². The number of carbonyl (C=O) groups excluding carboxylic acids is 2. The lowest BCUT2D eigenvalue weighted by Gasteiger charge is -2.14. The molecule has 1 amide bonds. The van der Waals surface area contributed by atoms with E-state index in [1.165, 1.54) is 101 Å². The summed E-state index contributed by atoms with van der Waals surface area (Å²) in [5.74, 6) is 1.59. The van der Waals surface area contributed by atoms with Crippen molar-refractivity contribution in [1.82, 2.24) is 0 Å². The predicted molar refractivity (Wildman–Crippen MR) is 204 cm³/mol. The molecule has 12 heteroatoms. The van der Waals surface area contributed by atoms with Crippen LogP contribution in [0.2, 0.25) is 0 Å². The first-order valence-electron chi connectivity index (χ1n) is 18.1. The molecule has 1 unspecified atom stereocenters. The van der Waals surface area contributed by atoms with E-state index in [-0.39, 0.29) is 17.8 Å². The third-order valence-electron chi connectivity index (χ3n) is 8.62. The smallest absolute Gasteiger partial charge is 0.425 e. The van der Waals surface area contributed by atoms with Crippen molar-refractivity contribution in [2.75, 3.05) is 23.4 Å². The molecule has 0 saturated carbocycles. The number of hydrogen-bond acceptors (Lipinski definition) is 9. The Bertz CT molecular complexity index is 1410. The summed E-state index contributed by atoms with van der Waals surface area (Å²) in [6.07, 6.45) is 20.0. The Morgan fingerprint density at radius 3 is 1.70 bits per heavy atom. The van der Waals surface area contributed by atoms with Gasteiger partial charge >= 0.3 is 22.5 Å². The summed E-state index contributed by atoms with van der Waals surface area (Å²) in [5, 5.41) is 11.7. The highest BCUT2D eigenvalue weighted by Crippen LogP contribution is 2.45. The minimum absolute atomic E-state index is 0.0167. The Morgan fingerprint density at radius 1 is 0.680 bits per heavy atom. The maximum absolute atomic E-state index is 12.6. The van der Waals surface area contributed by atoms with Crippen molar-refractivity contribution >= 4 is 55.7 Å². The Labute approximate surface area is 308 Å². The minimum atomic E-state index is -3.11. The van der Waals surface area contributed by atoms with Gasteiger partial charge in [0.05, 0.1) is 0 Å². The summed E-state index contributed by atoms with van der Waals surface area (Å²) < 4.78 is 30.7. The zero-order valence-corrected chi connectivity index (χ0v) is 31.9. The average molecular weight is 750 g/mol. The van der Waals surface area contributed by atoms with Crippen molar-refractivity contribution in [3.8, 4) is 11.1 Å². The van der Waals surface area contributed by atoms with E-state index in [9.17, 15) is 14.4 Å². The number of carboxylic acid groups (broad SMARTS) is 1. The number of carboxylic acids is 1. The highest BCUT2D eigenvalue weighted by molar-refractivity contribution is 8.76. The summed E-state index contributed by atoms with van der Waals surface area (Å²) in [5.41, 5.74) is 5.37. The van der Waals surface area contributed by atoms with E-state index in [2.05, 4.69) is 23.5 Å². The molecule has 2 N–H and O–H groups in total. The van der Waals surface area contributed by atoms with Crippen molar-refractivity contribution in [1.29, 1.82) is 0 Å². The van der Waals surface area contributed by atoms with Gasteiger partial charge in [0.25, 0.3) is 0 Å². The first-order chi connectivity index (χ1) is 24.2. The second-order valence-electron chi connectivity index (χ2n) is 12.7. The number of aliphatic carboxylic acids is 1. The van der Waals surface area contributed by atoms with Crippen molar-refractivity contribution in [3.05, 3.63) is 53.6 Å². The van der Waals surface area contributed by atoms with E-state index in [1.54, 1.807) is 0 Å². The highest BCUT2D eigenvalue weighted by atomic mass is 33.1. The van der Waals surface area contributed by atoms with Gasteiger partial charge in [-0.2, -0.15) is 0 Å². The topological polar surface area (TPSA) is 144 Å². The number of nitrogens with one attached hydrogen (secondary N) is 1. The van der Waals surface area contributed by atoms with E-state index >= 15 is 0 Å². The monoisotopic (exact) mass is 749 g/mol. The molecule has 0 heterocycles. The molecular weight excluding hydrogens is 695 g/mol. The fourth-order valence-corrected chi connectivity index (χ4v) is 8.41. The molecular formula is C38H55NO8S3. The van der Waals surface area contributed by atoms with Gasteiger partial charge in [-0.05, 0) is 60.1 Å². The second-order valence-corrected chi connectivity index (χ2v) is 15.8. The molecule has 278 valence electrons. The number of ether oxygens (including phenoxy) is 1. The maximum atomic E-state index is 12.6. The normalized spacial score (nSPS) is 12.7. The lowest BCUT2D eigenvalue weighted by molar-refractivity contribution is -0.141. The quantitative estimate of drug-likeness (QED) is 0.0542. The van der Waals surface area contributed by atoms with E-state index < -0.39 is 16.6 Å². The number of fused-ring (bicyclic) bond motifs is 3. The maximum Gasteiger partial charge on any atom is 0.425 e. The number of carbonyl (C=O) groups is 3. The number of rotatable bonds is 26. The lowest BCUT2D eigenvalue weighted by Crippen LogP contribution is -2.12. The zero-order valence-electron chi connectivity index (χ0n) is 29.5. The van der Waals surface area contributed by atoms with Gasteiger partial charge < -0.3 is 15.2 Å². The van der Waals surface area contributed by atoms with E-state index in [1.807, 2.05) is 45.9 Å². The number of amides is 1. The summed E-state index contributed by atoms with van der Waals surface area (Å²) in [6.45, 7) is 1.74. The van der Waals surface area contributed by atoms with Crippen LogP contribution in [0.5, 0.6) is 0 Å². The number of hydrogen-bond donors (Lipinski definition) is 2. The molecule has 1 atom stereocenters. The molecule has 1 aliphatic rings. The molecule has 2 aromatic carbocycles. The van der Waals surface area contributed by atoms with Gasteiger partial charge in [-0.1, -0.05) is 129 Å². The van der Waals surface area contributed by atoms with Crippen LogP contribution in [0.3, 0.4) is 0 Å². The second kappa shape index (κ2) is 26.9. The van der Waals surface area contributed by atoms with Gasteiger partial charge in [0.1, 0.15) is 6.61 Å². The van der Waals surface area contributed by atoms with Gasteiger partial charge in [0, 0.05) is 42.9 Å². The van der Waals surface area contributed by atoms with Crippen molar-refractivity contribution in [2.24, 2.45) is 0 Å². The van der Waals surface area contributed by atoms with Crippen LogP contribution >= 0.6 is 21.6 Å². The molecule has 2 aromatic rings. The lowest BCUT2D eigenvalue weighted by atomic mass is 9.97. The van der Waals surface area contributed by atoms with Crippen LogP contribution in [-0.4, -0.2) is 53.7 Å². The highest BCUT2D eigenvalue weighted by Gasteiger charge is 2.29. The van der Waals surface area contributed by atoms with Crippen LogP contribution in [-0.2, 0) is 29.7 Å². The van der Waals surface area contributed by atoms with Crippen molar-refractivity contribution < 1.29 is 36.9 Å². The molecule has 0 bridgehead atoms. The Hall–Kier alpha value is -2.83. The summed E-state index contributed by atoms with van der Waals surface area (Å²) in [7, 11) is 0.947. The third kappa shape index (κ3) is 19.5. The summed E-state index contributed by atoms with van der Waals surface area (Å²) >= 11 is 0. The van der Waals surface area contributed by atoms with Crippen LogP contribution in [0.15, 0.2) is 42.5 Å². The molecule has 0 radical (unpaired) electrons. The molecule has 0 aliphatic heterocycles. The largest absolute Gasteiger partial charge is 0.481 e. The van der Waals surface area contributed by atoms with Crippen LogP contribution < -0.4 is 5.32 Å². The Kier molecular flexibility index (Phi) is 23.3. The third-order valence-corrected chi connectivity index (χ3v) is 11.2. The molecule has 0 saturated heterocycles. The predicted octanol–water partition coefficient (Wildman–Crippen LogP) is 9.78. The van der Waals surface area contributed by atoms with Gasteiger partial charge in [-0.25, -0.2) is 0 Å². The van der Waals surface area contributed by atoms with E-state index in [0.29, 0.717) is 19.4 Å². The molecule has 0 fully saturated rings. The van der Waals surface area contributed by atoms with Crippen LogP contribution in [0, 0.1) is 0 Å². The van der Waals surface area contributed by atoms with Gasteiger partial charge in [-0.3, -0.25) is 14.4 Å². The minimum Gasteiger partial charge on any atom is -0.481 e. The average Bonchev–Trinajstić information content (AvgIpc) is 3.38. The molecule has 1 aliphatic carbocycles. The Morgan fingerprint density at radius 2 is 1.16 bits per heavy atom. The summed E-state index contributed by atoms with van der Waals surface area (Å²) in [4.78, 5) is 34.6. The van der Waals surface area contributed by atoms with Crippen LogP contribution in [0.4, 0.5) is 5.69 Å². The SMILES string of the molecule is CC(=O)OCC1c2ccccc2-c2ccc(NC(=O)CCCCCCCCCCSSCCCCCCCCCCC(=O)O)cc21.O=S(=O)=O. The number of esters is 1. The first kappa shape index (κ1) is 43.3. The van der Waals surface area contributed by atoms with E-state index in [4.69, 9.17) is 22.5 Å². The fourth-order valence-electron chi connectivity index (χ4n) is 6.11. The van der Waals surface area contributed by atoms with Gasteiger partial charge in [-0.15, -0.1) is 12.6 Å². The zero-order chi connectivity index (χ0) is 36.4. The van der Waals surface area contributed by atoms with Crippen LogP contribution in [0.1, 0.15) is 140 Å². The number of anilines is 1. The standard InChI is InChI=1S/C38H55NO5S2.O3S/c1-30(40)44-29-36-33-21-17-16-20-32(33)34-25-24-31(28-35(34)36)39-37(41)22-14-10-6-2-4-8-12-18-26-45-46-27-19-13-9-5-3-7-11-15-23-38(42)43;1-4(2)3/h16-17,20-21,24-25,28,36H,2-15,18-19,22-23,26-27,29H2,1H3,(H,39,41)(H,42,43);. The van der Waals surface area contributed by atoms with Gasteiger partial charge in [0.2, 0.25) is 5.91 Å². The molecule has 0 spiro atoms. The van der Waals surface area contributed by atoms with E-state index in [0.717, 1.165) is 48.1 Å². The molecule has 50 heavy (non-hydrogen) atoms. The van der Waals surface area contributed by atoms with Crippen molar-refractivity contribution in [2.45, 2.75) is 128 Å².